The lowest BCUT2D eigenvalue weighted by molar-refractivity contribution is -0.110. The fourth-order valence-corrected chi connectivity index (χ4v) is 3.65. The Morgan fingerprint density at radius 2 is 1.84 bits per heavy atom. The third-order valence-electron chi connectivity index (χ3n) is 4.63. The van der Waals surface area contributed by atoms with E-state index in [1.807, 2.05) is 0 Å². The zero-order valence-electron chi connectivity index (χ0n) is 15.7. The molecule has 31 heavy (non-hydrogen) atoms. The van der Waals surface area contributed by atoms with Crippen molar-refractivity contribution in [3.63, 3.8) is 0 Å². The second kappa shape index (κ2) is 7.81. The van der Waals surface area contributed by atoms with Gasteiger partial charge in [-0.1, -0.05) is 40.0 Å². The minimum absolute atomic E-state index is 0.0307. The van der Waals surface area contributed by atoms with E-state index in [0.29, 0.717) is 28.0 Å². The van der Waals surface area contributed by atoms with Crippen LogP contribution in [0.4, 0.5) is 5.69 Å². The molecule has 0 atom stereocenters. The summed E-state index contributed by atoms with van der Waals surface area (Å²) in [7, 11) is 0. The van der Waals surface area contributed by atoms with Gasteiger partial charge in [-0.3, -0.25) is 9.59 Å². The molecule has 3 aromatic rings. The first kappa shape index (κ1) is 21.0. The molecule has 11 heteroatoms. The van der Waals surface area contributed by atoms with E-state index in [0.717, 1.165) is 0 Å². The molecule has 4 rings (SSSR count). The number of aromatic hydroxyl groups is 1. The first-order chi connectivity index (χ1) is 14.7. The number of ketones is 1. The Balaban J connectivity index is 1.86. The summed E-state index contributed by atoms with van der Waals surface area (Å²) in [6.07, 6.45) is 1.51. The summed E-state index contributed by atoms with van der Waals surface area (Å²) < 4.78 is 1.31. The van der Waals surface area contributed by atoms with E-state index in [1.165, 1.54) is 35.0 Å². The van der Waals surface area contributed by atoms with Crippen molar-refractivity contribution in [1.29, 1.82) is 0 Å². The number of phenols is 1. The number of Topliss-reactive ketones (excluding diaryl/α,β-unsaturated/α-hetero) is 1. The van der Waals surface area contributed by atoms with Gasteiger partial charge in [-0.2, -0.15) is 0 Å². The minimum atomic E-state index is -0.605. The molecule has 3 N–H and O–H groups in total. The van der Waals surface area contributed by atoms with E-state index in [2.05, 4.69) is 15.3 Å². The Kier molecular flexibility index (Phi) is 5.30. The van der Waals surface area contributed by atoms with Gasteiger partial charge in [0.25, 0.3) is 0 Å². The number of nitrogens with two attached hydrogens (primary N) is 1. The van der Waals surface area contributed by atoms with Gasteiger partial charge < -0.3 is 10.8 Å². The minimum Gasteiger partial charge on any atom is -0.505 e. The monoisotopic (exact) mass is 475 g/mol. The first-order valence-corrected chi connectivity index (χ1v) is 9.86. The number of carbonyl (C=O) groups is 2. The smallest absolute Gasteiger partial charge is 0.248 e. The van der Waals surface area contributed by atoms with Gasteiger partial charge in [0.1, 0.15) is 11.2 Å². The van der Waals surface area contributed by atoms with Crippen LogP contribution in [0, 0.1) is 0 Å². The Labute approximate surface area is 190 Å². The topological polar surface area (TPSA) is 123 Å². The molecule has 0 aliphatic heterocycles. The summed E-state index contributed by atoms with van der Waals surface area (Å²) >= 11 is 18.2. The highest BCUT2D eigenvalue weighted by atomic mass is 35.5. The molecule has 0 radical (unpaired) electrons. The Morgan fingerprint density at radius 1 is 1.16 bits per heavy atom. The van der Waals surface area contributed by atoms with E-state index < -0.39 is 11.7 Å². The molecule has 0 spiro atoms. The molecular formula is C20H12Cl3N5O3. The van der Waals surface area contributed by atoms with E-state index in [4.69, 9.17) is 40.5 Å². The zero-order valence-corrected chi connectivity index (χ0v) is 18.0. The van der Waals surface area contributed by atoms with Gasteiger partial charge in [0.15, 0.2) is 5.75 Å². The number of primary amides is 1. The molecule has 2 aromatic carbocycles. The van der Waals surface area contributed by atoms with Crippen LogP contribution >= 0.6 is 34.8 Å². The van der Waals surface area contributed by atoms with Crippen LogP contribution in [0.25, 0.3) is 16.7 Å². The molecule has 0 fully saturated rings. The number of phenolic OH excluding ortho intramolecular Hbond substituents is 1. The molecule has 0 saturated heterocycles. The lowest BCUT2D eigenvalue weighted by Gasteiger charge is -2.16. The van der Waals surface area contributed by atoms with Crippen molar-refractivity contribution in [2.75, 3.05) is 0 Å². The highest BCUT2D eigenvalue weighted by molar-refractivity contribution is 6.54. The molecule has 156 valence electrons. The van der Waals surface area contributed by atoms with Crippen molar-refractivity contribution < 1.29 is 14.7 Å². The molecule has 1 aliphatic carbocycles. The van der Waals surface area contributed by atoms with Crippen LogP contribution in [0.5, 0.6) is 5.75 Å². The molecule has 1 aromatic heterocycles. The van der Waals surface area contributed by atoms with E-state index >= 15 is 0 Å². The maximum absolute atomic E-state index is 12.9. The standard InChI is InChI=1S/C20H12Cl3N5O3/c1-8-13(25-10-5-11(21)18(29)12(22)6-10)7-16(19(30)17(8)23)28-15-3-2-9(20(24)31)4-14(15)26-27-28/h2-7,29H,1H3,(H2,24,31). The molecule has 1 heterocycles. The quantitative estimate of drug-likeness (QED) is 0.547. The summed E-state index contributed by atoms with van der Waals surface area (Å²) in [5, 5.41) is 17.8. The average Bonchev–Trinajstić information content (AvgIpc) is 3.15. The highest BCUT2D eigenvalue weighted by Crippen LogP contribution is 2.37. The fourth-order valence-electron chi connectivity index (χ4n) is 2.98. The molecule has 1 amide bonds. The molecular weight excluding hydrogens is 465 g/mol. The zero-order chi connectivity index (χ0) is 22.4. The van der Waals surface area contributed by atoms with Crippen LogP contribution in [0.15, 0.2) is 52.0 Å². The summed E-state index contributed by atoms with van der Waals surface area (Å²) in [5.74, 6) is -1.32. The summed E-state index contributed by atoms with van der Waals surface area (Å²) in [5.41, 5.74) is 7.69. The van der Waals surface area contributed by atoms with Gasteiger partial charge in [0.2, 0.25) is 11.7 Å². The Hall–Kier alpha value is -3.20. The summed E-state index contributed by atoms with van der Waals surface area (Å²) in [4.78, 5) is 28.7. The van der Waals surface area contributed by atoms with Gasteiger partial charge in [-0.05, 0) is 48.9 Å². The third-order valence-corrected chi connectivity index (χ3v) is 5.66. The maximum Gasteiger partial charge on any atom is 0.248 e. The predicted octanol–water partition coefficient (Wildman–Crippen LogP) is 4.25. The normalized spacial score (nSPS) is 15.7. The summed E-state index contributed by atoms with van der Waals surface area (Å²) in [6, 6.07) is 7.43. The van der Waals surface area contributed by atoms with Crippen molar-refractivity contribution in [3.8, 4) is 5.75 Å². The van der Waals surface area contributed by atoms with Crippen molar-refractivity contribution >= 4 is 74.6 Å². The highest BCUT2D eigenvalue weighted by Gasteiger charge is 2.27. The molecule has 0 unspecified atom stereocenters. The van der Waals surface area contributed by atoms with Crippen LogP contribution in [-0.4, -0.2) is 37.5 Å². The molecule has 0 bridgehead atoms. The Bertz CT molecular complexity index is 1360. The Morgan fingerprint density at radius 3 is 2.48 bits per heavy atom. The molecule has 8 nitrogen and oxygen atoms in total. The second-order valence-corrected chi connectivity index (χ2v) is 7.81. The number of aliphatic imine (C=N–C) groups is 1. The number of carbonyl (C=O) groups excluding carboxylic acids is 2. The predicted molar refractivity (Wildman–Crippen MR) is 119 cm³/mol. The number of nitrogens with zero attached hydrogens (tertiary/aromatic N) is 4. The van der Waals surface area contributed by atoms with Crippen LogP contribution in [0.3, 0.4) is 0 Å². The van der Waals surface area contributed by atoms with Crippen molar-refractivity contribution in [3.05, 3.63) is 62.6 Å². The second-order valence-electron chi connectivity index (χ2n) is 6.62. The van der Waals surface area contributed by atoms with Gasteiger partial charge in [0.05, 0.1) is 32.0 Å². The molecule has 1 aliphatic rings. The van der Waals surface area contributed by atoms with Crippen molar-refractivity contribution in [2.24, 2.45) is 10.7 Å². The SMILES string of the molecule is CC1=C(Cl)C(=O)C(n2nnc3cc(C(N)=O)ccc32)=CC1=Nc1cc(Cl)c(O)c(Cl)c1. The number of aromatic nitrogens is 3. The largest absolute Gasteiger partial charge is 0.505 e. The first-order valence-electron chi connectivity index (χ1n) is 8.73. The number of allylic oxidation sites excluding steroid dienone is 4. The average molecular weight is 477 g/mol. The third kappa shape index (κ3) is 3.69. The van der Waals surface area contributed by atoms with E-state index in [1.54, 1.807) is 13.0 Å². The molecule has 0 saturated carbocycles. The van der Waals surface area contributed by atoms with Crippen LogP contribution in [-0.2, 0) is 4.79 Å². The lowest BCUT2D eigenvalue weighted by atomic mass is 10.0. The maximum atomic E-state index is 12.9. The van der Waals surface area contributed by atoms with Gasteiger partial charge in [0, 0.05) is 5.56 Å². The van der Waals surface area contributed by atoms with Gasteiger partial charge >= 0.3 is 0 Å². The van der Waals surface area contributed by atoms with Crippen molar-refractivity contribution in [2.45, 2.75) is 6.92 Å². The van der Waals surface area contributed by atoms with E-state index in [9.17, 15) is 14.7 Å². The lowest BCUT2D eigenvalue weighted by Crippen LogP contribution is -2.19. The fraction of sp³-hybridized carbons (Fsp3) is 0.0500. The summed E-state index contributed by atoms with van der Waals surface area (Å²) in [6.45, 7) is 1.65. The van der Waals surface area contributed by atoms with Crippen LogP contribution in [0.1, 0.15) is 17.3 Å². The van der Waals surface area contributed by atoms with Crippen LogP contribution < -0.4 is 5.73 Å². The van der Waals surface area contributed by atoms with E-state index in [-0.39, 0.29) is 32.1 Å². The number of amides is 1. The van der Waals surface area contributed by atoms with Gasteiger partial charge in [-0.15, -0.1) is 5.10 Å². The van der Waals surface area contributed by atoms with Gasteiger partial charge in [-0.25, -0.2) is 9.67 Å². The number of rotatable bonds is 3. The number of hydrogen-bond donors (Lipinski definition) is 2. The number of benzene rings is 2. The van der Waals surface area contributed by atoms with Crippen LogP contribution in [0.2, 0.25) is 10.0 Å². The number of hydrogen-bond acceptors (Lipinski definition) is 6. The van der Waals surface area contributed by atoms with Crippen molar-refractivity contribution in [1.82, 2.24) is 15.0 Å². The number of halogens is 3. The number of fused-ring (bicyclic) bond motifs is 1.